The zero-order chi connectivity index (χ0) is 10.8. The molecule has 0 aromatic carbocycles. The van der Waals surface area contributed by atoms with Crippen molar-refractivity contribution in [2.75, 3.05) is 7.11 Å². The molecule has 1 aliphatic heterocycles. The summed E-state index contributed by atoms with van der Waals surface area (Å²) >= 11 is 0. The number of hydrogen-bond donors (Lipinski definition) is 2. The summed E-state index contributed by atoms with van der Waals surface area (Å²) in [4.78, 5) is 17.1. The molecular formula is C7H15O6P. The topological polar surface area (TPSA) is 85.2 Å². The van der Waals surface area contributed by atoms with Crippen LogP contribution in [0.4, 0.5) is 0 Å². The normalized spacial score (nSPS) is 34.4. The van der Waals surface area contributed by atoms with Gasteiger partial charge >= 0.3 is 7.82 Å². The highest BCUT2D eigenvalue weighted by Gasteiger charge is 2.32. The van der Waals surface area contributed by atoms with Crippen molar-refractivity contribution in [3.63, 3.8) is 0 Å². The van der Waals surface area contributed by atoms with Crippen LogP contribution < -0.4 is 0 Å². The highest BCUT2D eigenvalue weighted by atomic mass is 31.2. The molecule has 0 saturated carbocycles. The number of phosphoric ester groups is 1. The molecule has 0 radical (unpaired) electrons. The summed E-state index contributed by atoms with van der Waals surface area (Å²) in [6.07, 6.45) is 0.00480. The van der Waals surface area contributed by atoms with E-state index in [4.69, 9.17) is 19.3 Å². The first-order valence-electron chi connectivity index (χ1n) is 4.34. The summed E-state index contributed by atoms with van der Waals surface area (Å²) < 4.78 is 25.3. The Kier molecular flexibility index (Phi) is 4.06. The zero-order valence-corrected chi connectivity index (χ0v) is 9.02. The third kappa shape index (κ3) is 3.65. The van der Waals surface area contributed by atoms with E-state index in [1.165, 1.54) is 0 Å². The molecule has 0 bridgehead atoms. The minimum Gasteiger partial charge on any atom is -0.379 e. The van der Waals surface area contributed by atoms with Crippen molar-refractivity contribution in [1.82, 2.24) is 0 Å². The van der Waals surface area contributed by atoms with Crippen LogP contribution in [0.5, 0.6) is 0 Å². The molecule has 1 saturated heterocycles. The quantitative estimate of drug-likeness (QED) is 0.687. The molecule has 0 amide bonds. The van der Waals surface area contributed by atoms with Gasteiger partial charge in [0.25, 0.3) is 0 Å². The van der Waals surface area contributed by atoms with Gasteiger partial charge in [-0.3, -0.25) is 4.52 Å². The van der Waals surface area contributed by atoms with Crippen LogP contribution in [0, 0.1) is 0 Å². The average Bonchev–Trinajstić information content (AvgIpc) is 2.01. The smallest absolute Gasteiger partial charge is 0.379 e. The Morgan fingerprint density at radius 1 is 1.43 bits per heavy atom. The maximum Gasteiger partial charge on any atom is 0.471 e. The van der Waals surface area contributed by atoms with Gasteiger partial charge in [-0.25, -0.2) is 4.57 Å². The average molecular weight is 226 g/mol. The molecule has 3 atom stereocenters. The van der Waals surface area contributed by atoms with E-state index in [-0.39, 0.29) is 12.2 Å². The van der Waals surface area contributed by atoms with Gasteiger partial charge in [-0.2, -0.15) is 0 Å². The monoisotopic (exact) mass is 226 g/mol. The summed E-state index contributed by atoms with van der Waals surface area (Å²) in [6, 6.07) is 0. The maximum absolute atomic E-state index is 10.5. The van der Waals surface area contributed by atoms with Crippen molar-refractivity contribution in [1.29, 1.82) is 0 Å². The lowest BCUT2D eigenvalue weighted by molar-refractivity contribution is -0.191. The minimum atomic E-state index is -4.45. The van der Waals surface area contributed by atoms with Gasteiger partial charge in [-0.15, -0.1) is 0 Å². The highest BCUT2D eigenvalue weighted by Crippen LogP contribution is 2.40. The number of hydrogen-bond acceptors (Lipinski definition) is 4. The maximum atomic E-state index is 10.5. The summed E-state index contributed by atoms with van der Waals surface area (Å²) in [6.45, 7) is 1.78. The molecule has 0 aliphatic carbocycles. The van der Waals surface area contributed by atoms with Crippen LogP contribution in [-0.2, 0) is 18.6 Å². The summed E-state index contributed by atoms with van der Waals surface area (Å²) in [7, 11) is -2.88. The largest absolute Gasteiger partial charge is 0.471 e. The fourth-order valence-corrected chi connectivity index (χ4v) is 1.93. The molecule has 1 heterocycles. The van der Waals surface area contributed by atoms with Crippen LogP contribution in [0.2, 0.25) is 0 Å². The predicted octanol–water partition coefficient (Wildman–Crippen LogP) is 0.636. The summed E-state index contributed by atoms with van der Waals surface area (Å²) in [5, 5.41) is 0. The SMILES string of the molecule is CO[C@H]1CCC(OP(=O)(O)O)O[C@H]1C. The zero-order valence-electron chi connectivity index (χ0n) is 8.12. The first kappa shape index (κ1) is 12.1. The molecule has 2 N–H and O–H groups in total. The molecule has 84 valence electrons. The molecule has 14 heavy (non-hydrogen) atoms. The van der Waals surface area contributed by atoms with Gasteiger partial charge in [-0.05, 0) is 13.3 Å². The summed E-state index contributed by atoms with van der Waals surface area (Å²) in [5.41, 5.74) is 0. The highest BCUT2D eigenvalue weighted by molar-refractivity contribution is 7.46. The van der Waals surface area contributed by atoms with E-state index in [1.807, 2.05) is 0 Å². The molecule has 0 aromatic rings. The lowest BCUT2D eigenvalue weighted by atomic mass is 10.1. The molecule has 1 unspecified atom stereocenters. The van der Waals surface area contributed by atoms with Gasteiger partial charge in [0, 0.05) is 13.5 Å². The van der Waals surface area contributed by atoms with Crippen LogP contribution >= 0.6 is 7.82 Å². The van der Waals surface area contributed by atoms with E-state index in [2.05, 4.69) is 4.52 Å². The fraction of sp³-hybridized carbons (Fsp3) is 1.00. The number of ether oxygens (including phenoxy) is 2. The van der Waals surface area contributed by atoms with E-state index >= 15 is 0 Å². The van der Waals surface area contributed by atoms with Crippen LogP contribution in [0.3, 0.4) is 0 Å². The Bertz CT molecular complexity index is 226. The molecule has 0 spiro atoms. The molecular weight excluding hydrogens is 211 g/mol. The number of methoxy groups -OCH3 is 1. The van der Waals surface area contributed by atoms with Gasteiger partial charge in [0.2, 0.25) is 0 Å². The van der Waals surface area contributed by atoms with E-state index < -0.39 is 14.1 Å². The van der Waals surface area contributed by atoms with Gasteiger partial charge in [0.15, 0.2) is 6.29 Å². The van der Waals surface area contributed by atoms with E-state index in [9.17, 15) is 4.57 Å². The number of phosphoric acid groups is 1. The van der Waals surface area contributed by atoms with Crippen molar-refractivity contribution in [3.05, 3.63) is 0 Å². The van der Waals surface area contributed by atoms with Gasteiger partial charge < -0.3 is 19.3 Å². The van der Waals surface area contributed by atoms with Crippen molar-refractivity contribution in [2.24, 2.45) is 0 Å². The fourth-order valence-electron chi connectivity index (χ4n) is 1.47. The molecule has 6 nitrogen and oxygen atoms in total. The molecule has 0 aromatic heterocycles. The Hall–Kier alpha value is 0.0300. The van der Waals surface area contributed by atoms with E-state index in [0.717, 1.165) is 0 Å². The van der Waals surface area contributed by atoms with E-state index in [0.29, 0.717) is 12.8 Å². The Labute approximate surface area is 82.4 Å². The van der Waals surface area contributed by atoms with Crippen molar-refractivity contribution >= 4 is 7.82 Å². The molecule has 1 rings (SSSR count). The minimum absolute atomic E-state index is 0.0355. The first-order chi connectivity index (χ1) is 6.42. The second kappa shape index (κ2) is 4.70. The Morgan fingerprint density at radius 2 is 2.07 bits per heavy atom. The molecule has 1 aliphatic rings. The van der Waals surface area contributed by atoms with Crippen LogP contribution in [0.25, 0.3) is 0 Å². The Balaban J connectivity index is 2.43. The lowest BCUT2D eigenvalue weighted by Gasteiger charge is -2.33. The third-order valence-corrected chi connectivity index (χ3v) is 2.64. The first-order valence-corrected chi connectivity index (χ1v) is 5.87. The molecule has 7 heteroatoms. The van der Waals surface area contributed by atoms with Crippen molar-refractivity contribution in [2.45, 2.75) is 38.3 Å². The van der Waals surface area contributed by atoms with Gasteiger partial charge in [0.05, 0.1) is 12.2 Å². The van der Waals surface area contributed by atoms with Crippen molar-refractivity contribution in [3.8, 4) is 0 Å². The van der Waals surface area contributed by atoms with Crippen LogP contribution in [-0.4, -0.2) is 35.4 Å². The molecule has 1 fully saturated rings. The van der Waals surface area contributed by atoms with Crippen molar-refractivity contribution < 1.29 is 28.3 Å². The predicted molar refractivity (Wildman–Crippen MR) is 47.5 cm³/mol. The lowest BCUT2D eigenvalue weighted by Crippen LogP contribution is -2.38. The number of rotatable bonds is 3. The van der Waals surface area contributed by atoms with Crippen LogP contribution in [0.1, 0.15) is 19.8 Å². The van der Waals surface area contributed by atoms with Crippen LogP contribution in [0.15, 0.2) is 0 Å². The van der Waals surface area contributed by atoms with E-state index in [1.54, 1.807) is 14.0 Å². The Morgan fingerprint density at radius 3 is 2.50 bits per heavy atom. The standard InChI is InChI=1S/C7H15O6P/c1-5-6(11-2)3-4-7(12-5)13-14(8,9)10/h5-7H,3-4H2,1-2H3,(H2,8,9,10)/t5-,6-,7?/m0/s1. The van der Waals surface area contributed by atoms with Gasteiger partial charge in [-0.1, -0.05) is 0 Å². The third-order valence-electron chi connectivity index (χ3n) is 2.13. The summed E-state index contributed by atoms with van der Waals surface area (Å²) in [5.74, 6) is 0. The van der Waals surface area contributed by atoms with Gasteiger partial charge in [0.1, 0.15) is 0 Å². The second-order valence-electron chi connectivity index (χ2n) is 3.22. The second-order valence-corrected chi connectivity index (χ2v) is 4.41.